The Bertz CT molecular complexity index is 1440. The summed E-state index contributed by atoms with van der Waals surface area (Å²) in [5.41, 5.74) is 5.01. The Morgan fingerprint density at radius 1 is 1.03 bits per heavy atom. The number of amides is 1. The van der Waals surface area contributed by atoms with Gasteiger partial charge in [-0.05, 0) is 43.5 Å². The zero-order chi connectivity index (χ0) is 24.0. The number of fused-ring (bicyclic) bond motifs is 3. The summed E-state index contributed by atoms with van der Waals surface area (Å²) in [5.74, 6) is 0.0737. The maximum atomic E-state index is 13.8. The number of piperazine rings is 1. The number of hydrogen-bond donors (Lipinski definition) is 0. The monoisotopic (exact) mass is 457 g/mol. The number of aryl methyl sites for hydroxylation is 3. The van der Waals surface area contributed by atoms with Crippen LogP contribution in [0.15, 0.2) is 53.5 Å². The van der Waals surface area contributed by atoms with E-state index in [0.717, 1.165) is 29.4 Å². The van der Waals surface area contributed by atoms with Crippen molar-refractivity contribution in [3.05, 3.63) is 70.1 Å². The van der Waals surface area contributed by atoms with Crippen LogP contribution >= 0.6 is 0 Å². The molecule has 1 amide bonds. The van der Waals surface area contributed by atoms with E-state index in [9.17, 15) is 9.59 Å². The second-order valence-electron chi connectivity index (χ2n) is 9.25. The maximum Gasteiger partial charge on any atom is 0.291 e. The Kier molecular flexibility index (Phi) is 5.63. The third-order valence-electron chi connectivity index (χ3n) is 7.09. The zero-order valence-electron chi connectivity index (χ0n) is 20.3. The van der Waals surface area contributed by atoms with Gasteiger partial charge in [-0.3, -0.25) is 9.59 Å². The summed E-state index contributed by atoms with van der Waals surface area (Å²) in [6, 6.07) is 14.0. The Morgan fingerprint density at radius 2 is 1.76 bits per heavy atom. The van der Waals surface area contributed by atoms with Crippen LogP contribution in [0, 0.1) is 13.8 Å². The molecule has 1 atom stereocenters. The van der Waals surface area contributed by atoms with Crippen molar-refractivity contribution in [1.29, 1.82) is 0 Å². The van der Waals surface area contributed by atoms with Crippen molar-refractivity contribution in [2.75, 3.05) is 31.1 Å². The number of para-hydroxylation sites is 1. The smallest absolute Gasteiger partial charge is 0.291 e. The van der Waals surface area contributed by atoms with Crippen LogP contribution in [-0.2, 0) is 11.8 Å². The molecule has 1 aliphatic rings. The van der Waals surface area contributed by atoms with E-state index >= 15 is 0 Å². The normalized spacial score (nSPS) is 15.3. The lowest BCUT2D eigenvalue weighted by Gasteiger charge is -2.38. The molecular weight excluding hydrogens is 426 g/mol. The van der Waals surface area contributed by atoms with Gasteiger partial charge in [0.05, 0.1) is 11.7 Å². The minimum absolute atomic E-state index is 0.0737. The molecule has 34 heavy (non-hydrogen) atoms. The average Bonchev–Trinajstić information content (AvgIpc) is 3.18. The molecule has 0 unspecified atom stereocenters. The van der Waals surface area contributed by atoms with Crippen LogP contribution in [0.4, 0.5) is 5.69 Å². The van der Waals surface area contributed by atoms with E-state index in [1.54, 1.807) is 13.2 Å². The van der Waals surface area contributed by atoms with Crippen molar-refractivity contribution in [1.82, 2.24) is 19.2 Å². The van der Waals surface area contributed by atoms with Crippen LogP contribution in [0.25, 0.3) is 21.8 Å². The summed E-state index contributed by atoms with van der Waals surface area (Å²) in [4.78, 5) is 31.3. The number of carbonyl (C=O) groups excluding carboxylic acids is 1. The van der Waals surface area contributed by atoms with E-state index in [1.807, 2.05) is 40.7 Å². The fourth-order valence-corrected chi connectivity index (χ4v) is 5.22. The SMILES string of the molecule is CC[C@H](C(=O)N1CCN(c2cc(C)ccc2C)CC1)n1c2ccccc2c2cnn(C)c(=O)c21. The summed E-state index contributed by atoms with van der Waals surface area (Å²) in [6.07, 6.45) is 2.34. The highest BCUT2D eigenvalue weighted by Crippen LogP contribution is 2.32. The Morgan fingerprint density at radius 3 is 2.50 bits per heavy atom. The van der Waals surface area contributed by atoms with Crippen molar-refractivity contribution in [2.24, 2.45) is 7.05 Å². The zero-order valence-corrected chi connectivity index (χ0v) is 20.3. The Balaban J connectivity index is 1.48. The van der Waals surface area contributed by atoms with Crippen LogP contribution in [0.1, 0.15) is 30.5 Å². The molecule has 7 nitrogen and oxygen atoms in total. The first-order valence-corrected chi connectivity index (χ1v) is 12.0. The number of hydrogen-bond acceptors (Lipinski definition) is 4. The van der Waals surface area contributed by atoms with E-state index in [2.05, 4.69) is 42.0 Å². The van der Waals surface area contributed by atoms with Crippen LogP contribution in [0.3, 0.4) is 0 Å². The molecule has 1 aliphatic heterocycles. The van der Waals surface area contributed by atoms with E-state index in [-0.39, 0.29) is 11.5 Å². The fourth-order valence-electron chi connectivity index (χ4n) is 5.22. The van der Waals surface area contributed by atoms with Crippen molar-refractivity contribution in [3.8, 4) is 0 Å². The summed E-state index contributed by atoms with van der Waals surface area (Å²) < 4.78 is 3.30. The van der Waals surface area contributed by atoms with Crippen molar-refractivity contribution in [3.63, 3.8) is 0 Å². The van der Waals surface area contributed by atoms with Gasteiger partial charge in [0.25, 0.3) is 5.56 Å². The third-order valence-corrected chi connectivity index (χ3v) is 7.09. The van der Waals surface area contributed by atoms with Gasteiger partial charge in [0.1, 0.15) is 11.6 Å². The fraction of sp³-hybridized carbons (Fsp3) is 0.370. The molecule has 0 bridgehead atoms. The molecule has 3 heterocycles. The number of aromatic nitrogens is 3. The van der Waals surface area contributed by atoms with Gasteiger partial charge in [0.15, 0.2) is 0 Å². The lowest BCUT2D eigenvalue weighted by atomic mass is 10.1. The second kappa shape index (κ2) is 8.63. The summed E-state index contributed by atoms with van der Waals surface area (Å²) in [6.45, 7) is 9.19. The standard InChI is InChI=1S/C27H31N5O2/c1-5-22(26(33)31-14-12-30(13-15-31)24-16-18(2)10-11-19(24)3)32-23-9-7-6-8-20(23)21-17-28-29(4)27(34)25(21)32/h6-11,16-17,22H,5,12-15H2,1-4H3/t22-/m1/s1. The predicted octanol–water partition coefficient (Wildman–Crippen LogP) is 3.80. The average molecular weight is 458 g/mol. The highest BCUT2D eigenvalue weighted by molar-refractivity contribution is 6.08. The number of benzene rings is 2. The van der Waals surface area contributed by atoms with E-state index < -0.39 is 6.04 Å². The molecule has 7 heteroatoms. The largest absolute Gasteiger partial charge is 0.368 e. The van der Waals surface area contributed by atoms with Crippen molar-refractivity contribution < 1.29 is 4.79 Å². The van der Waals surface area contributed by atoms with Gasteiger partial charge >= 0.3 is 0 Å². The molecule has 2 aromatic heterocycles. The third kappa shape index (κ3) is 3.56. The molecule has 5 rings (SSSR count). The summed E-state index contributed by atoms with van der Waals surface area (Å²) in [7, 11) is 1.65. The quantitative estimate of drug-likeness (QED) is 0.468. The van der Waals surface area contributed by atoms with Crippen LogP contribution in [0.2, 0.25) is 0 Å². The Labute approximate surface area is 199 Å². The van der Waals surface area contributed by atoms with Crippen LogP contribution in [-0.4, -0.2) is 51.3 Å². The van der Waals surface area contributed by atoms with E-state index in [4.69, 9.17) is 0 Å². The van der Waals surface area contributed by atoms with Crippen LogP contribution in [0.5, 0.6) is 0 Å². The van der Waals surface area contributed by atoms with Gasteiger partial charge in [-0.15, -0.1) is 0 Å². The molecule has 1 saturated heterocycles. The van der Waals surface area contributed by atoms with Crippen LogP contribution < -0.4 is 10.5 Å². The number of anilines is 1. The molecule has 4 aromatic rings. The molecule has 0 aliphatic carbocycles. The molecule has 0 radical (unpaired) electrons. The molecule has 0 saturated carbocycles. The first-order valence-electron chi connectivity index (χ1n) is 12.0. The summed E-state index contributed by atoms with van der Waals surface area (Å²) in [5, 5.41) is 5.98. The lowest BCUT2D eigenvalue weighted by molar-refractivity contribution is -0.135. The molecule has 0 N–H and O–H groups in total. The molecular formula is C27H31N5O2. The van der Waals surface area contributed by atoms with Crippen molar-refractivity contribution in [2.45, 2.75) is 33.2 Å². The predicted molar refractivity (Wildman–Crippen MR) is 137 cm³/mol. The van der Waals surface area contributed by atoms with Gasteiger partial charge in [-0.1, -0.05) is 37.3 Å². The Hall–Kier alpha value is -3.61. The molecule has 2 aromatic carbocycles. The summed E-state index contributed by atoms with van der Waals surface area (Å²) >= 11 is 0. The maximum absolute atomic E-state index is 13.8. The van der Waals surface area contributed by atoms with Gasteiger partial charge in [-0.25, -0.2) is 4.68 Å². The minimum Gasteiger partial charge on any atom is -0.368 e. The van der Waals surface area contributed by atoms with Gasteiger partial charge in [0, 0.05) is 49.7 Å². The molecule has 1 fully saturated rings. The second-order valence-corrected chi connectivity index (χ2v) is 9.25. The van der Waals surface area contributed by atoms with E-state index in [0.29, 0.717) is 25.0 Å². The van der Waals surface area contributed by atoms with Gasteiger partial charge < -0.3 is 14.4 Å². The first kappa shape index (κ1) is 22.2. The highest BCUT2D eigenvalue weighted by atomic mass is 16.2. The number of carbonyl (C=O) groups is 1. The number of nitrogens with zero attached hydrogens (tertiary/aromatic N) is 5. The van der Waals surface area contributed by atoms with E-state index in [1.165, 1.54) is 21.5 Å². The molecule has 176 valence electrons. The minimum atomic E-state index is -0.440. The van der Waals surface area contributed by atoms with Crippen molar-refractivity contribution >= 4 is 33.4 Å². The lowest BCUT2D eigenvalue weighted by Crippen LogP contribution is -2.50. The number of rotatable bonds is 4. The molecule has 0 spiro atoms. The van der Waals surface area contributed by atoms with Gasteiger partial charge in [-0.2, -0.15) is 5.10 Å². The topological polar surface area (TPSA) is 63.4 Å². The highest BCUT2D eigenvalue weighted by Gasteiger charge is 2.31. The van der Waals surface area contributed by atoms with Gasteiger partial charge in [0.2, 0.25) is 5.91 Å². The first-order chi connectivity index (χ1) is 16.4.